The summed E-state index contributed by atoms with van der Waals surface area (Å²) in [5.74, 6) is -0.340. The van der Waals surface area contributed by atoms with Crippen LogP contribution < -0.4 is 11.1 Å². The number of anilines is 2. The molecule has 0 fully saturated rings. The lowest BCUT2D eigenvalue weighted by Crippen LogP contribution is -2.12. The number of carbonyl (C=O) groups is 1. The van der Waals surface area contributed by atoms with Gasteiger partial charge in [-0.05, 0) is 36.4 Å². The van der Waals surface area contributed by atoms with Gasteiger partial charge < -0.3 is 11.1 Å². The molecule has 0 aliphatic heterocycles. The summed E-state index contributed by atoms with van der Waals surface area (Å²) in [4.78, 5) is 12.0. The predicted octanol–water partition coefficient (Wildman–Crippen LogP) is 4.48. The van der Waals surface area contributed by atoms with E-state index in [9.17, 15) is 4.79 Å². The first-order valence-corrected chi connectivity index (χ1v) is 6.41. The Morgan fingerprint density at radius 1 is 0.895 bits per heavy atom. The van der Waals surface area contributed by atoms with Crippen LogP contribution in [0, 0.1) is 0 Å². The molecular formula is C13H9Cl3N2O. The largest absolute Gasteiger partial charge is 0.399 e. The van der Waals surface area contributed by atoms with E-state index in [4.69, 9.17) is 40.5 Å². The van der Waals surface area contributed by atoms with Crippen LogP contribution in [-0.4, -0.2) is 5.91 Å². The fourth-order valence-corrected chi connectivity index (χ4v) is 2.34. The SMILES string of the molecule is Nc1cc(Cl)cc(C(=O)Nc2cc(Cl)cc(Cl)c2)c1. The van der Waals surface area contributed by atoms with E-state index >= 15 is 0 Å². The first kappa shape index (κ1) is 14.0. The topological polar surface area (TPSA) is 55.1 Å². The highest BCUT2D eigenvalue weighted by Crippen LogP contribution is 2.23. The Hall–Kier alpha value is -1.42. The molecule has 3 N–H and O–H groups in total. The van der Waals surface area contributed by atoms with E-state index in [2.05, 4.69) is 5.32 Å². The molecule has 2 aromatic carbocycles. The number of nitrogens with two attached hydrogens (primary N) is 1. The molecule has 1 amide bonds. The summed E-state index contributed by atoms with van der Waals surface area (Å²) in [6, 6.07) is 9.40. The highest BCUT2D eigenvalue weighted by Gasteiger charge is 2.09. The fourth-order valence-electron chi connectivity index (χ4n) is 1.57. The zero-order valence-electron chi connectivity index (χ0n) is 9.58. The molecule has 0 heterocycles. The van der Waals surface area contributed by atoms with Gasteiger partial charge in [-0.3, -0.25) is 4.79 Å². The van der Waals surface area contributed by atoms with Crippen LogP contribution in [-0.2, 0) is 0 Å². The highest BCUT2D eigenvalue weighted by atomic mass is 35.5. The molecule has 0 aliphatic rings. The van der Waals surface area contributed by atoms with E-state index < -0.39 is 0 Å². The van der Waals surface area contributed by atoms with Crippen LogP contribution in [0.25, 0.3) is 0 Å². The van der Waals surface area contributed by atoms with Gasteiger partial charge in [-0.2, -0.15) is 0 Å². The Kier molecular flexibility index (Phi) is 4.20. The van der Waals surface area contributed by atoms with Gasteiger partial charge in [0.2, 0.25) is 0 Å². The summed E-state index contributed by atoms with van der Waals surface area (Å²) in [5.41, 5.74) is 6.91. The van der Waals surface area contributed by atoms with Crippen LogP contribution in [0.5, 0.6) is 0 Å². The van der Waals surface area contributed by atoms with Crippen LogP contribution >= 0.6 is 34.8 Å². The number of rotatable bonds is 2. The number of benzene rings is 2. The van der Waals surface area contributed by atoms with Crippen LogP contribution in [0.15, 0.2) is 36.4 Å². The Morgan fingerprint density at radius 3 is 2.05 bits per heavy atom. The quantitative estimate of drug-likeness (QED) is 0.803. The van der Waals surface area contributed by atoms with Crippen molar-refractivity contribution < 1.29 is 4.79 Å². The second-order valence-corrected chi connectivity index (χ2v) is 5.19. The number of halogens is 3. The van der Waals surface area contributed by atoms with Crippen molar-refractivity contribution in [3.8, 4) is 0 Å². The molecule has 19 heavy (non-hydrogen) atoms. The standard InChI is InChI=1S/C13H9Cl3N2O/c14-8-1-7(2-11(17)4-8)13(19)18-12-5-9(15)3-10(16)6-12/h1-6H,17H2,(H,18,19). The Bertz CT molecular complexity index is 603. The lowest BCUT2D eigenvalue weighted by molar-refractivity contribution is 0.102. The van der Waals surface area contributed by atoms with Crippen molar-refractivity contribution in [2.24, 2.45) is 0 Å². The molecule has 0 atom stereocenters. The van der Waals surface area contributed by atoms with Gasteiger partial charge in [0.1, 0.15) is 0 Å². The molecule has 98 valence electrons. The maximum Gasteiger partial charge on any atom is 0.255 e. The monoisotopic (exact) mass is 314 g/mol. The summed E-state index contributed by atoms with van der Waals surface area (Å²) < 4.78 is 0. The molecule has 2 aromatic rings. The van der Waals surface area contributed by atoms with E-state index in [0.717, 1.165) is 0 Å². The number of hydrogen-bond acceptors (Lipinski definition) is 2. The van der Waals surface area contributed by atoms with Crippen molar-refractivity contribution in [1.82, 2.24) is 0 Å². The van der Waals surface area contributed by atoms with Crippen molar-refractivity contribution >= 4 is 52.1 Å². The minimum absolute atomic E-state index is 0.340. The summed E-state index contributed by atoms with van der Waals surface area (Å²) in [6.45, 7) is 0. The average molecular weight is 316 g/mol. The van der Waals surface area contributed by atoms with E-state index in [1.54, 1.807) is 24.3 Å². The van der Waals surface area contributed by atoms with Gasteiger partial charge in [0.15, 0.2) is 0 Å². The summed E-state index contributed by atoms with van der Waals surface area (Å²) >= 11 is 17.6. The Labute approximate surface area is 125 Å². The molecule has 3 nitrogen and oxygen atoms in total. The van der Waals surface area contributed by atoms with Gasteiger partial charge >= 0.3 is 0 Å². The molecular weight excluding hydrogens is 307 g/mol. The molecule has 0 unspecified atom stereocenters. The number of nitrogen functional groups attached to an aromatic ring is 1. The van der Waals surface area contributed by atoms with Gasteiger partial charge in [-0.1, -0.05) is 34.8 Å². The van der Waals surface area contributed by atoms with Crippen LogP contribution in [0.4, 0.5) is 11.4 Å². The van der Waals surface area contributed by atoms with E-state index in [1.807, 2.05) is 0 Å². The third-order valence-corrected chi connectivity index (χ3v) is 2.96. The number of hydrogen-bond donors (Lipinski definition) is 2. The molecule has 0 saturated heterocycles. The maximum atomic E-state index is 12.0. The molecule has 0 bridgehead atoms. The minimum atomic E-state index is -0.340. The van der Waals surface area contributed by atoms with Gasteiger partial charge in [0.05, 0.1) is 0 Å². The zero-order valence-corrected chi connectivity index (χ0v) is 11.9. The number of amides is 1. The zero-order chi connectivity index (χ0) is 14.0. The summed E-state index contributed by atoms with van der Waals surface area (Å²) in [5, 5.41) is 3.95. The van der Waals surface area contributed by atoms with Gasteiger partial charge in [0.25, 0.3) is 5.91 Å². The fraction of sp³-hybridized carbons (Fsp3) is 0. The van der Waals surface area contributed by atoms with Gasteiger partial charge in [0, 0.05) is 32.0 Å². The molecule has 0 aromatic heterocycles. The van der Waals surface area contributed by atoms with Crippen molar-refractivity contribution in [2.75, 3.05) is 11.1 Å². The molecule has 6 heteroatoms. The van der Waals surface area contributed by atoms with Gasteiger partial charge in [-0.15, -0.1) is 0 Å². The lowest BCUT2D eigenvalue weighted by atomic mass is 10.2. The van der Waals surface area contributed by atoms with Crippen LogP contribution in [0.1, 0.15) is 10.4 Å². The summed E-state index contributed by atoms with van der Waals surface area (Å²) in [6.07, 6.45) is 0. The number of nitrogens with one attached hydrogen (secondary N) is 1. The van der Waals surface area contributed by atoms with Gasteiger partial charge in [-0.25, -0.2) is 0 Å². The Balaban J connectivity index is 2.25. The normalized spacial score (nSPS) is 10.3. The molecule has 0 aliphatic carbocycles. The van der Waals surface area contributed by atoms with Crippen molar-refractivity contribution in [3.05, 3.63) is 57.0 Å². The van der Waals surface area contributed by atoms with E-state index in [1.165, 1.54) is 12.1 Å². The number of carbonyl (C=O) groups excluding carboxylic acids is 1. The molecule has 0 radical (unpaired) electrons. The first-order valence-electron chi connectivity index (χ1n) is 5.27. The average Bonchev–Trinajstić information content (AvgIpc) is 2.25. The van der Waals surface area contributed by atoms with Crippen LogP contribution in [0.2, 0.25) is 15.1 Å². The smallest absolute Gasteiger partial charge is 0.255 e. The minimum Gasteiger partial charge on any atom is -0.399 e. The highest BCUT2D eigenvalue weighted by molar-refractivity contribution is 6.35. The second-order valence-electron chi connectivity index (χ2n) is 3.89. The molecule has 2 rings (SSSR count). The first-order chi connectivity index (χ1) is 8.94. The second kappa shape index (κ2) is 5.70. The van der Waals surface area contributed by atoms with Crippen LogP contribution in [0.3, 0.4) is 0 Å². The maximum absolute atomic E-state index is 12.0. The van der Waals surface area contributed by atoms with E-state index in [-0.39, 0.29) is 5.91 Å². The van der Waals surface area contributed by atoms with E-state index in [0.29, 0.717) is 32.0 Å². The lowest BCUT2D eigenvalue weighted by Gasteiger charge is -2.07. The Morgan fingerprint density at radius 2 is 1.47 bits per heavy atom. The summed E-state index contributed by atoms with van der Waals surface area (Å²) in [7, 11) is 0. The predicted molar refractivity (Wildman–Crippen MR) is 80.3 cm³/mol. The van der Waals surface area contributed by atoms with Crippen molar-refractivity contribution in [3.63, 3.8) is 0 Å². The molecule has 0 saturated carbocycles. The molecule has 0 spiro atoms. The third kappa shape index (κ3) is 3.77. The van der Waals surface area contributed by atoms with Crippen molar-refractivity contribution in [1.29, 1.82) is 0 Å². The van der Waals surface area contributed by atoms with Crippen molar-refractivity contribution in [2.45, 2.75) is 0 Å². The third-order valence-electron chi connectivity index (χ3n) is 2.30.